The van der Waals surface area contributed by atoms with Crippen molar-refractivity contribution in [2.45, 2.75) is 13.8 Å². The monoisotopic (exact) mass is 368 g/mol. The van der Waals surface area contributed by atoms with Gasteiger partial charge in [0.1, 0.15) is 0 Å². The van der Waals surface area contributed by atoms with Gasteiger partial charge in [-0.15, -0.1) is 0 Å². The van der Waals surface area contributed by atoms with Gasteiger partial charge < -0.3 is 0 Å². The van der Waals surface area contributed by atoms with Gasteiger partial charge in [-0.1, -0.05) is 36.4 Å². The molecule has 0 saturated heterocycles. The number of para-hydroxylation sites is 2. The average molecular weight is 368 g/mol. The molecule has 0 amide bonds. The van der Waals surface area contributed by atoms with Crippen LogP contribution >= 0.6 is 0 Å². The first-order chi connectivity index (χ1) is 13.7. The number of nitrogens with zero attached hydrogens (tertiary/aromatic N) is 6. The molecule has 2 heterocycles. The maximum atomic E-state index is 4.53. The highest BCUT2D eigenvalue weighted by Gasteiger charge is 2.05. The van der Waals surface area contributed by atoms with Gasteiger partial charge in [-0.25, -0.2) is 9.36 Å². The summed E-state index contributed by atoms with van der Waals surface area (Å²) in [7, 11) is 0. The number of rotatable bonds is 5. The maximum Gasteiger partial charge on any atom is 0.0686 e. The minimum absolute atomic E-state index is 0.899. The first-order valence-corrected chi connectivity index (χ1v) is 9.00. The lowest BCUT2D eigenvalue weighted by molar-refractivity contribution is 0.863. The summed E-state index contributed by atoms with van der Waals surface area (Å²) >= 11 is 0. The van der Waals surface area contributed by atoms with Crippen molar-refractivity contribution < 1.29 is 0 Å². The highest BCUT2D eigenvalue weighted by molar-refractivity contribution is 5.83. The largest absolute Gasteiger partial charge is 0.240 e. The third-order valence-electron chi connectivity index (χ3n) is 4.38. The predicted molar refractivity (Wildman–Crippen MR) is 112 cm³/mol. The van der Waals surface area contributed by atoms with Crippen molar-refractivity contribution in [3.05, 3.63) is 95.6 Å². The van der Waals surface area contributed by atoms with Crippen LogP contribution in [-0.2, 0) is 0 Å². The molecule has 0 radical (unpaired) electrons. The molecule has 4 rings (SSSR count). The van der Waals surface area contributed by atoms with E-state index in [1.165, 1.54) is 0 Å². The van der Waals surface area contributed by atoms with E-state index in [-0.39, 0.29) is 0 Å². The first kappa shape index (κ1) is 17.6. The summed E-state index contributed by atoms with van der Waals surface area (Å²) in [5, 5.41) is 17.4. The standard InChI is InChI=1S/C22H20N6/c1-17-19(15-27(25-17)21-9-5-3-6-10-21)13-23-24-14-20-16-28(26-18(20)2)22-11-7-4-8-12-22/h3-16H,1-2H3/b23-13+,24-14+. The van der Waals surface area contributed by atoms with Crippen molar-refractivity contribution in [3.63, 3.8) is 0 Å². The second-order valence-corrected chi connectivity index (χ2v) is 6.39. The minimum Gasteiger partial charge on any atom is -0.240 e. The van der Waals surface area contributed by atoms with Crippen LogP contribution in [0.5, 0.6) is 0 Å². The van der Waals surface area contributed by atoms with Crippen molar-refractivity contribution in [3.8, 4) is 11.4 Å². The Morgan fingerprint density at radius 1 is 0.643 bits per heavy atom. The lowest BCUT2D eigenvalue weighted by atomic mass is 10.3. The molecule has 0 aliphatic rings. The first-order valence-electron chi connectivity index (χ1n) is 9.00. The van der Waals surface area contributed by atoms with Crippen molar-refractivity contribution in [2.75, 3.05) is 0 Å². The van der Waals surface area contributed by atoms with Gasteiger partial charge in [0.25, 0.3) is 0 Å². The van der Waals surface area contributed by atoms with Crippen LogP contribution in [0.4, 0.5) is 0 Å². The minimum atomic E-state index is 0.899. The molecule has 28 heavy (non-hydrogen) atoms. The Kier molecular flexibility index (Phi) is 4.93. The van der Waals surface area contributed by atoms with Crippen molar-refractivity contribution in [1.29, 1.82) is 0 Å². The van der Waals surface area contributed by atoms with E-state index in [1.807, 2.05) is 96.3 Å². The molecule has 2 aromatic carbocycles. The molecule has 0 fully saturated rings. The van der Waals surface area contributed by atoms with E-state index in [0.717, 1.165) is 33.9 Å². The van der Waals surface area contributed by atoms with Crippen LogP contribution in [0.2, 0.25) is 0 Å². The molecule has 0 unspecified atom stereocenters. The summed E-state index contributed by atoms with van der Waals surface area (Å²) < 4.78 is 3.68. The maximum absolute atomic E-state index is 4.53. The predicted octanol–water partition coefficient (Wildman–Crippen LogP) is 4.13. The zero-order valence-corrected chi connectivity index (χ0v) is 15.8. The van der Waals surface area contributed by atoms with Crippen LogP contribution in [0.1, 0.15) is 22.5 Å². The van der Waals surface area contributed by atoms with Gasteiger partial charge in [-0.3, -0.25) is 0 Å². The Bertz CT molecular complexity index is 1030. The van der Waals surface area contributed by atoms with Crippen molar-refractivity contribution in [2.24, 2.45) is 10.2 Å². The molecule has 0 saturated carbocycles. The quantitative estimate of drug-likeness (QED) is 0.393. The topological polar surface area (TPSA) is 60.4 Å². The Hall–Kier alpha value is -3.80. The van der Waals surface area contributed by atoms with E-state index in [1.54, 1.807) is 12.4 Å². The molecule has 0 aliphatic heterocycles. The summed E-state index contributed by atoms with van der Waals surface area (Å²) in [6, 6.07) is 20.0. The molecule has 138 valence electrons. The molecule has 0 spiro atoms. The number of benzene rings is 2. The third-order valence-corrected chi connectivity index (χ3v) is 4.38. The molecular formula is C22H20N6. The van der Waals surface area contributed by atoms with Crippen LogP contribution in [0.15, 0.2) is 83.3 Å². The van der Waals surface area contributed by atoms with E-state index < -0.39 is 0 Å². The molecule has 0 bridgehead atoms. The van der Waals surface area contributed by atoms with Gasteiger partial charge in [0.2, 0.25) is 0 Å². The third kappa shape index (κ3) is 3.81. The fourth-order valence-electron chi connectivity index (χ4n) is 2.82. The summed E-state index contributed by atoms with van der Waals surface area (Å²) in [5.41, 5.74) is 5.68. The van der Waals surface area contributed by atoms with Gasteiger partial charge in [0.15, 0.2) is 0 Å². The molecule has 4 aromatic rings. The number of aryl methyl sites for hydroxylation is 2. The van der Waals surface area contributed by atoms with Crippen LogP contribution in [0, 0.1) is 13.8 Å². The van der Waals surface area contributed by atoms with Crippen molar-refractivity contribution in [1.82, 2.24) is 19.6 Å². The molecule has 0 aliphatic carbocycles. The van der Waals surface area contributed by atoms with E-state index >= 15 is 0 Å². The molecule has 2 aromatic heterocycles. The summed E-state index contributed by atoms with van der Waals surface area (Å²) in [6.45, 7) is 3.91. The van der Waals surface area contributed by atoms with Crippen LogP contribution in [0.25, 0.3) is 11.4 Å². The van der Waals surface area contributed by atoms with Gasteiger partial charge in [-0.05, 0) is 38.1 Å². The number of hydrogen-bond acceptors (Lipinski definition) is 4. The number of aromatic nitrogens is 4. The smallest absolute Gasteiger partial charge is 0.0686 e. The van der Waals surface area contributed by atoms with E-state index in [4.69, 9.17) is 0 Å². The van der Waals surface area contributed by atoms with Gasteiger partial charge in [-0.2, -0.15) is 20.4 Å². The molecule has 6 nitrogen and oxygen atoms in total. The zero-order valence-electron chi connectivity index (χ0n) is 15.8. The highest BCUT2D eigenvalue weighted by atomic mass is 15.3. The number of hydrogen-bond donors (Lipinski definition) is 0. The lowest BCUT2D eigenvalue weighted by Gasteiger charge is -1.98. The second-order valence-electron chi connectivity index (χ2n) is 6.39. The van der Waals surface area contributed by atoms with Crippen LogP contribution < -0.4 is 0 Å². The summed E-state index contributed by atoms with van der Waals surface area (Å²) in [6.07, 6.45) is 7.33. The second kappa shape index (κ2) is 7.84. The summed E-state index contributed by atoms with van der Waals surface area (Å²) in [5.74, 6) is 0. The van der Waals surface area contributed by atoms with E-state index in [2.05, 4.69) is 20.4 Å². The Labute approximate surface area is 163 Å². The summed E-state index contributed by atoms with van der Waals surface area (Å²) in [4.78, 5) is 0. The molecular weight excluding hydrogens is 348 g/mol. The fourth-order valence-corrected chi connectivity index (χ4v) is 2.82. The normalized spacial score (nSPS) is 11.6. The Morgan fingerprint density at radius 3 is 1.43 bits per heavy atom. The van der Waals surface area contributed by atoms with Crippen molar-refractivity contribution >= 4 is 12.4 Å². The molecule has 0 N–H and O–H groups in total. The van der Waals surface area contributed by atoms with Gasteiger partial charge >= 0.3 is 0 Å². The van der Waals surface area contributed by atoms with Crippen LogP contribution in [0.3, 0.4) is 0 Å². The molecule has 0 atom stereocenters. The van der Waals surface area contributed by atoms with Crippen LogP contribution in [-0.4, -0.2) is 32.0 Å². The van der Waals surface area contributed by atoms with E-state index in [0.29, 0.717) is 0 Å². The lowest BCUT2D eigenvalue weighted by Crippen LogP contribution is -1.93. The average Bonchev–Trinajstić information content (AvgIpc) is 3.29. The fraction of sp³-hybridized carbons (Fsp3) is 0.0909. The van der Waals surface area contributed by atoms with Gasteiger partial charge in [0.05, 0.1) is 35.2 Å². The molecule has 6 heteroatoms. The SMILES string of the molecule is Cc1nn(-c2ccccc2)cc1/C=N/N=C/c1cn(-c2ccccc2)nc1C. The Morgan fingerprint density at radius 2 is 1.04 bits per heavy atom. The zero-order chi connectivity index (χ0) is 19.3. The van der Waals surface area contributed by atoms with Gasteiger partial charge in [0, 0.05) is 23.5 Å². The Balaban J connectivity index is 1.49. The highest BCUT2D eigenvalue weighted by Crippen LogP contribution is 2.11. The van der Waals surface area contributed by atoms with E-state index in [9.17, 15) is 0 Å².